The molecular weight excluding hydrogens is 462 g/mol. The molecule has 1 amide bonds. The highest BCUT2D eigenvalue weighted by Gasteiger charge is 2.46. The summed E-state index contributed by atoms with van der Waals surface area (Å²) in [5.41, 5.74) is 3.53. The molecule has 8 nitrogen and oxygen atoms in total. The number of carbonyl (C=O) groups is 1. The van der Waals surface area contributed by atoms with Gasteiger partial charge in [0.05, 0.1) is 11.6 Å². The first-order valence-electron chi connectivity index (χ1n) is 12.0. The smallest absolute Gasteiger partial charge is 0.229 e. The summed E-state index contributed by atoms with van der Waals surface area (Å²) < 4.78 is 3.77. The van der Waals surface area contributed by atoms with Crippen molar-refractivity contribution in [3.05, 3.63) is 65.8 Å². The Morgan fingerprint density at radius 3 is 2.49 bits per heavy atom. The van der Waals surface area contributed by atoms with Gasteiger partial charge in [-0.3, -0.25) is 9.48 Å². The van der Waals surface area contributed by atoms with E-state index < -0.39 is 5.41 Å². The molecule has 1 aliphatic rings. The molecule has 9 heteroatoms. The summed E-state index contributed by atoms with van der Waals surface area (Å²) in [4.78, 5) is 19.5. The van der Waals surface area contributed by atoms with Crippen molar-refractivity contribution in [2.24, 2.45) is 5.41 Å². The second-order valence-corrected chi connectivity index (χ2v) is 9.61. The number of aromatic nitrogens is 5. The van der Waals surface area contributed by atoms with Crippen LogP contribution in [0.1, 0.15) is 46.2 Å². The van der Waals surface area contributed by atoms with Crippen molar-refractivity contribution in [2.75, 3.05) is 18.0 Å². The van der Waals surface area contributed by atoms with Crippen LogP contribution in [0.5, 0.6) is 0 Å². The quantitative estimate of drug-likeness (QED) is 0.409. The van der Waals surface area contributed by atoms with E-state index in [0.717, 1.165) is 28.0 Å². The SMILES string of the molecule is CC.CC(C)n1cc(-c2cc3c(N4CC(C)(C(=O)NCc5ccc(Cl)cc5)C4)ncnn3c2)cn1. The lowest BCUT2D eigenvalue weighted by molar-refractivity contribution is -0.131. The van der Waals surface area contributed by atoms with Crippen LogP contribution in [0.25, 0.3) is 16.6 Å². The Hall–Kier alpha value is -3.39. The number of amides is 1. The second kappa shape index (κ2) is 10.1. The lowest BCUT2D eigenvalue weighted by Gasteiger charge is -2.47. The number of nitrogens with zero attached hydrogens (tertiary/aromatic N) is 6. The van der Waals surface area contributed by atoms with E-state index in [9.17, 15) is 4.79 Å². The van der Waals surface area contributed by atoms with Gasteiger partial charge in [0, 0.05) is 54.2 Å². The summed E-state index contributed by atoms with van der Waals surface area (Å²) in [7, 11) is 0. The normalized spacial score (nSPS) is 14.4. The number of rotatable bonds is 6. The first-order valence-corrected chi connectivity index (χ1v) is 12.4. The first-order chi connectivity index (χ1) is 16.8. The Bertz CT molecular complexity index is 1300. The Morgan fingerprint density at radius 1 is 1.11 bits per heavy atom. The van der Waals surface area contributed by atoms with E-state index in [4.69, 9.17) is 11.6 Å². The maximum absolute atomic E-state index is 12.9. The predicted octanol–water partition coefficient (Wildman–Crippen LogP) is 5.00. The monoisotopic (exact) mass is 493 g/mol. The number of benzene rings is 1. The van der Waals surface area contributed by atoms with Gasteiger partial charge in [-0.2, -0.15) is 10.2 Å². The standard InChI is InChI=1S/C24H26ClN7O.C2H6/c1-16(2)31-12-19(10-28-31)18-8-21-22(27-15-29-32(21)11-18)30-13-24(3,14-30)23(33)26-9-17-4-6-20(25)7-5-17;1-2/h4-8,10-12,15-16H,9,13-14H2,1-3H3,(H,26,33);1-2H3. The molecule has 1 aliphatic heterocycles. The van der Waals surface area contributed by atoms with Gasteiger partial charge < -0.3 is 10.2 Å². The molecule has 1 N–H and O–H groups in total. The van der Waals surface area contributed by atoms with E-state index in [1.54, 1.807) is 6.33 Å². The molecule has 0 aliphatic carbocycles. The molecule has 0 saturated carbocycles. The van der Waals surface area contributed by atoms with E-state index in [0.29, 0.717) is 30.7 Å². The number of nitrogens with one attached hydrogen (secondary N) is 1. The Morgan fingerprint density at radius 2 is 1.83 bits per heavy atom. The highest BCUT2D eigenvalue weighted by molar-refractivity contribution is 6.30. The topological polar surface area (TPSA) is 80.4 Å². The second-order valence-electron chi connectivity index (χ2n) is 9.17. The van der Waals surface area contributed by atoms with Crippen LogP contribution in [0.2, 0.25) is 5.02 Å². The summed E-state index contributed by atoms with van der Waals surface area (Å²) in [6.45, 7) is 11.9. The number of anilines is 1. The largest absolute Gasteiger partial charge is 0.352 e. The fourth-order valence-corrected chi connectivity index (χ4v) is 4.30. The molecule has 4 heterocycles. The maximum Gasteiger partial charge on any atom is 0.229 e. The Balaban J connectivity index is 0.00000141. The summed E-state index contributed by atoms with van der Waals surface area (Å²) in [5, 5.41) is 12.5. The van der Waals surface area contributed by atoms with Crippen LogP contribution in [0.4, 0.5) is 5.82 Å². The van der Waals surface area contributed by atoms with E-state index in [2.05, 4.69) is 45.3 Å². The Kier molecular flexibility index (Phi) is 7.12. The highest BCUT2D eigenvalue weighted by Crippen LogP contribution is 2.36. The third-order valence-corrected chi connectivity index (χ3v) is 6.40. The fraction of sp³-hybridized carbons (Fsp3) is 0.385. The van der Waals surface area contributed by atoms with Gasteiger partial charge in [-0.15, -0.1) is 0 Å². The molecule has 0 atom stereocenters. The number of fused-ring (bicyclic) bond motifs is 1. The zero-order valence-corrected chi connectivity index (χ0v) is 21.6. The fourth-order valence-electron chi connectivity index (χ4n) is 4.18. The zero-order chi connectivity index (χ0) is 25.2. The van der Waals surface area contributed by atoms with Crippen LogP contribution in [0, 0.1) is 5.41 Å². The number of carbonyl (C=O) groups excluding carboxylic acids is 1. The summed E-state index contributed by atoms with van der Waals surface area (Å²) in [5.74, 6) is 0.867. The van der Waals surface area contributed by atoms with Crippen molar-refractivity contribution >= 4 is 28.8 Å². The van der Waals surface area contributed by atoms with Crippen molar-refractivity contribution in [1.82, 2.24) is 29.7 Å². The van der Waals surface area contributed by atoms with Gasteiger partial charge in [0.2, 0.25) is 5.91 Å². The van der Waals surface area contributed by atoms with Gasteiger partial charge in [0.15, 0.2) is 5.82 Å². The molecule has 1 saturated heterocycles. The summed E-state index contributed by atoms with van der Waals surface area (Å²) in [6, 6.07) is 9.88. The molecule has 184 valence electrons. The summed E-state index contributed by atoms with van der Waals surface area (Å²) >= 11 is 5.93. The van der Waals surface area contributed by atoms with E-state index in [1.807, 2.05) is 72.8 Å². The molecule has 35 heavy (non-hydrogen) atoms. The van der Waals surface area contributed by atoms with Gasteiger partial charge in [0.25, 0.3) is 0 Å². The lowest BCUT2D eigenvalue weighted by atomic mass is 9.81. The van der Waals surface area contributed by atoms with Gasteiger partial charge in [-0.25, -0.2) is 9.50 Å². The Labute approximate surface area is 210 Å². The van der Waals surface area contributed by atoms with Gasteiger partial charge in [-0.1, -0.05) is 37.6 Å². The van der Waals surface area contributed by atoms with Crippen molar-refractivity contribution in [3.8, 4) is 11.1 Å². The molecule has 0 unspecified atom stereocenters. The van der Waals surface area contributed by atoms with Crippen LogP contribution in [-0.4, -0.2) is 43.4 Å². The average Bonchev–Trinajstić information content (AvgIpc) is 3.50. The lowest BCUT2D eigenvalue weighted by Crippen LogP contribution is -2.62. The zero-order valence-electron chi connectivity index (χ0n) is 20.9. The van der Waals surface area contributed by atoms with Gasteiger partial charge in [0.1, 0.15) is 11.8 Å². The molecule has 1 aromatic carbocycles. The molecule has 0 radical (unpaired) electrons. The third kappa shape index (κ3) is 5.03. The number of hydrogen-bond donors (Lipinski definition) is 1. The van der Waals surface area contributed by atoms with Crippen LogP contribution >= 0.6 is 11.6 Å². The van der Waals surface area contributed by atoms with Crippen LogP contribution in [0.3, 0.4) is 0 Å². The molecule has 5 rings (SSSR count). The van der Waals surface area contributed by atoms with Crippen LogP contribution in [0.15, 0.2) is 55.2 Å². The van der Waals surface area contributed by atoms with Crippen molar-refractivity contribution in [1.29, 1.82) is 0 Å². The highest BCUT2D eigenvalue weighted by atomic mass is 35.5. The van der Waals surface area contributed by atoms with E-state index in [-0.39, 0.29) is 5.91 Å². The molecule has 0 bridgehead atoms. The molecule has 1 fully saturated rings. The number of halogens is 1. The first kappa shape index (κ1) is 24.7. The molecule has 4 aromatic rings. The van der Waals surface area contributed by atoms with Gasteiger partial charge >= 0.3 is 0 Å². The molecule has 0 spiro atoms. The minimum Gasteiger partial charge on any atom is -0.352 e. The minimum absolute atomic E-state index is 0.0379. The molecular formula is C26H32ClN7O. The van der Waals surface area contributed by atoms with Crippen molar-refractivity contribution in [3.63, 3.8) is 0 Å². The van der Waals surface area contributed by atoms with Crippen molar-refractivity contribution in [2.45, 2.75) is 47.2 Å². The maximum atomic E-state index is 12.9. The van der Waals surface area contributed by atoms with Crippen LogP contribution < -0.4 is 10.2 Å². The van der Waals surface area contributed by atoms with E-state index in [1.165, 1.54) is 0 Å². The molecule has 3 aromatic heterocycles. The third-order valence-electron chi connectivity index (χ3n) is 6.14. The number of hydrogen-bond acceptors (Lipinski definition) is 5. The average molecular weight is 494 g/mol. The minimum atomic E-state index is -0.470. The van der Waals surface area contributed by atoms with Gasteiger partial charge in [-0.05, 0) is 44.5 Å². The summed E-state index contributed by atoms with van der Waals surface area (Å²) in [6.07, 6.45) is 7.45. The van der Waals surface area contributed by atoms with Crippen molar-refractivity contribution < 1.29 is 4.79 Å². The van der Waals surface area contributed by atoms with E-state index >= 15 is 0 Å². The van der Waals surface area contributed by atoms with Crippen LogP contribution in [-0.2, 0) is 11.3 Å². The predicted molar refractivity (Wildman–Crippen MR) is 140 cm³/mol.